The Balaban J connectivity index is 2.09. The molecule has 1 aromatic rings. The third kappa shape index (κ3) is 3.78. The number of thiophene rings is 1. The van der Waals surface area contributed by atoms with Crippen LogP contribution in [0.1, 0.15) is 37.1 Å². The summed E-state index contributed by atoms with van der Waals surface area (Å²) in [4.78, 5) is 3.99. The molecule has 0 bridgehead atoms. The van der Waals surface area contributed by atoms with Gasteiger partial charge in [0.25, 0.3) is 0 Å². The second-order valence-electron chi connectivity index (χ2n) is 5.49. The Labute approximate surface area is 120 Å². The molecule has 1 aromatic heterocycles. The fourth-order valence-electron chi connectivity index (χ4n) is 3.07. The molecule has 2 heterocycles. The maximum Gasteiger partial charge on any atom is 0.0593 e. The molecule has 0 aliphatic carbocycles. The zero-order valence-electron chi connectivity index (χ0n) is 12.0. The summed E-state index contributed by atoms with van der Waals surface area (Å²) >= 11 is 1.83. The monoisotopic (exact) mass is 282 g/mol. The smallest absolute Gasteiger partial charge is 0.0593 e. The van der Waals surface area contributed by atoms with E-state index in [1.165, 1.54) is 17.7 Å². The largest absolute Gasteiger partial charge is 0.384 e. The number of hydrogen-bond donors (Lipinski definition) is 1. The van der Waals surface area contributed by atoms with Crippen molar-refractivity contribution in [1.82, 2.24) is 4.90 Å². The van der Waals surface area contributed by atoms with Crippen molar-refractivity contribution in [2.45, 2.75) is 38.3 Å². The molecular weight excluding hydrogens is 256 g/mol. The van der Waals surface area contributed by atoms with Gasteiger partial charge in [-0.3, -0.25) is 4.90 Å². The first-order valence-corrected chi connectivity index (χ1v) is 8.16. The van der Waals surface area contributed by atoms with Gasteiger partial charge >= 0.3 is 0 Å². The average molecular weight is 282 g/mol. The van der Waals surface area contributed by atoms with Gasteiger partial charge in [-0.15, -0.1) is 11.3 Å². The fourth-order valence-corrected chi connectivity index (χ4v) is 4.00. The second-order valence-corrected chi connectivity index (χ2v) is 6.47. The summed E-state index contributed by atoms with van der Waals surface area (Å²) < 4.78 is 5.33. The first kappa shape index (κ1) is 15.0. The fraction of sp³-hybridized carbons (Fsp3) is 0.733. The summed E-state index contributed by atoms with van der Waals surface area (Å²) in [6.07, 6.45) is 3.56. The van der Waals surface area contributed by atoms with Crippen LogP contribution in [0.25, 0.3) is 0 Å². The van der Waals surface area contributed by atoms with Crippen LogP contribution in [0.5, 0.6) is 0 Å². The average Bonchev–Trinajstić information content (AvgIpc) is 2.93. The molecule has 4 heteroatoms. The maximum atomic E-state index is 6.39. The number of hydrogen-bond acceptors (Lipinski definition) is 4. The SMILES string of the molecule is CCC(N)C(c1cccs1)N1CCCC(COC)C1. The topological polar surface area (TPSA) is 38.5 Å². The van der Waals surface area contributed by atoms with Crippen molar-refractivity contribution >= 4 is 11.3 Å². The first-order chi connectivity index (χ1) is 9.26. The van der Waals surface area contributed by atoms with Crippen LogP contribution in [0.15, 0.2) is 17.5 Å². The minimum Gasteiger partial charge on any atom is -0.384 e. The van der Waals surface area contributed by atoms with E-state index in [-0.39, 0.29) is 6.04 Å². The highest BCUT2D eigenvalue weighted by Crippen LogP contribution is 2.32. The Morgan fingerprint density at radius 1 is 1.58 bits per heavy atom. The molecule has 0 spiro atoms. The number of ether oxygens (including phenoxy) is 1. The standard InChI is InChI=1S/C15H26N2OS/c1-3-13(16)15(14-7-5-9-19-14)17-8-4-6-12(10-17)11-18-2/h5,7,9,12-13,15H,3-4,6,8,10-11,16H2,1-2H3. The van der Waals surface area contributed by atoms with Crippen LogP contribution >= 0.6 is 11.3 Å². The zero-order valence-corrected chi connectivity index (χ0v) is 12.9. The summed E-state index contributed by atoms with van der Waals surface area (Å²) in [5.74, 6) is 0.658. The Hall–Kier alpha value is -0.420. The van der Waals surface area contributed by atoms with Gasteiger partial charge in [-0.2, -0.15) is 0 Å². The number of rotatable bonds is 6. The van der Waals surface area contributed by atoms with Gasteiger partial charge in [-0.1, -0.05) is 13.0 Å². The normalized spacial score (nSPS) is 24.3. The summed E-state index contributed by atoms with van der Waals surface area (Å²) in [6, 6.07) is 4.96. The van der Waals surface area contributed by atoms with E-state index < -0.39 is 0 Å². The minimum absolute atomic E-state index is 0.222. The summed E-state index contributed by atoms with van der Waals surface area (Å²) in [5.41, 5.74) is 6.39. The molecule has 1 aliphatic heterocycles. The van der Waals surface area contributed by atoms with Crippen molar-refractivity contribution in [2.24, 2.45) is 11.7 Å². The van der Waals surface area contributed by atoms with Gasteiger partial charge in [0, 0.05) is 24.6 Å². The summed E-state index contributed by atoms with van der Waals surface area (Å²) in [7, 11) is 1.80. The van der Waals surface area contributed by atoms with Crippen LogP contribution in [0.3, 0.4) is 0 Å². The van der Waals surface area contributed by atoms with Gasteiger partial charge in [0.15, 0.2) is 0 Å². The molecule has 0 radical (unpaired) electrons. The first-order valence-electron chi connectivity index (χ1n) is 7.28. The highest BCUT2D eigenvalue weighted by molar-refractivity contribution is 7.10. The molecule has 0 saturated carbocycles. The highest BCUT2D eigenvalue weighted by Gasteiger charge is 2.30. The zero-order chi connectivity index (χ0) is 13.7. The van der Waals surface area contributed by atoms with E-state index in [9.17, 15) is 0 Å². The number of methoxy groups -OCH3 is 1. The van der Waals surface area contributed by atoms with Gasteiger partial charge in [0.1, 0.15) is 0 Å². The lowest BCUT2D eigenvalue weighted by atomic mass is 9.94. The predicted octanol–water partition coefficient (Wildman–Crippen LogP) is 2.88. The molecule has 3 atom stereocenters. The summed E-state index contributed by atoms with van der Waals surface area (Å²) in [6.45, 7) is 5.33. The van der Waals surface area contributed by atoms with Crippen molar-refractivity contribution < 1.29 is 4.74 Å². The van der Waals surface area contributed by atoms with Crippen LogP contribution in [0.2, 0.25) is 0 Å². The Morgan fingerprint density at radius 3 is 3.05 bits per heavy atom. The molecule has 19 heavy (non-hydrogen) atoms. The molecule has 108 valence electrons. The molecule has 0 aromatic carbocycles. The van der Waals surface area contributed by atoms with Crippen LogP contribution in [-0.4, -0.2) is 37.7 Å². The predicted molar refractivity (Wildman–Crippen MR) is 81.5 cm³/mol. The molecule has 1 aliphatic rings. The van der Waals surface area contributed by atoms with Crippen molar-refractivity contribution in [3.63, 3.8) is 0 Å². The van der Waals surface area contributed by atoms with Crippen molar-refractivity contribution in [1.29, 1.82) is 0 Å². The minimum atomic E-state index is 0.222. The summed E-state index contributed by atoms with van der Waals surface area (Å²) in [5, 5.41) is 2.15. The van der Waals surface area contributed by atoms with Crippen molar-refractivity contribution in [2.75, 3.05) is 26.8 Å². The Bertz CT molecular complexity index is 353. The van der Waals surface area contributed by atoms with E-state index in [2.05, 4.69) is 29.3 Å². The van der Waals surface area contributed by atoms with Crippen LogP contribution in [-0.2, 0) is 4.74 Å². The van der Waals surface area contributed by atoms with E-state index in [4.69, 9.17) is 10.5 Å². The van der Waals surface area contributed by atoms with Gasteiger partial charge in [0.2, 0.25) is 0 Å². The van der Waals surface area contributed by atoms with E-state index in [0.29, 0.717) is 12.0 Å². The van der Waals surface area contributed by atoms with Crippen LogP contribution < -0.4 is 5.73 Å². The van der Waals surface area contributed by atoms with E-state index in [1.807, 2.05) is 11.3 Å². The third-order valence-electron chi connectivity index (χ3n) is 4.06. The molecule has 2 rings (SSSR count). The molecule has 1 saturated heterocycles. The lowest BCUT2D eigenvalue weighted by molar-refractivity contribution is 0.0607. The highest BCUT2D eigenvalue weighted by atomic mass is 32.1. The van der Waals surface area contributed by atoms with E-state index >= 15 is 0 Å². The van der Waals surface area contributed by atoms with E-state index in [0.717, 1.165) is 26.1 Å². The van der Waals surface area contributed by atoms with Crippen molar-refractivity contribution in [3.05, 3.63) is 22.4 Å². The lowest BCUT2D eigenvalue weighted by Gasteiger charge is -2.40. The maximum absolute atomic E-state index is 6.39. The molecule has 3 nitrogen and oxygen atoms in total. The van der Waals surface area contributed by atoms with Gasteiger partial charge in [-0.05, 0) is 43.2 Å². The Morgan fingerprint density at radius 2 is 2.42 bits per heavy atom. The quantitative estimate of drug-likeness (QED) is 0.872. The number of likely N-dealkylation sites (tertiary alicyclic amines) is 1. The molecule has 0 amide bonds. The van der Waals surface area contributed by atoms with E-state index in [1.54, 1.807) is 7.11 Å². The van der Waals surface area contributed by atoms with Crippen LogP contribution in [0, 0.1) is 5.92 Å². The van der Waals surface area contributed by atoms with Gasteiger partial charge < -0.3 is 10.5 Å². The molecule has 2 N–H and O–H groups in total. The lowest BCUT2D eigenvalue weighted by Crippen LogP contribution is -2.46. The third-order valence-corrected chi connectivity index (χ3v) is 5.00. The second kappa shape index (κ2) is 7.39. The van der Waals surface area contributed by atoms with Crippen LogP contribution in [0.4, 0.5) is 0 Å². The number of nitrogens with two attached hydrogens (primary N) is 1. The molecule has 1 fully saturated rings. The number of nitrogens with zero attached hydrogens (tertiary/aromatic N) is 1. The van der Waals surface area contributed by atoms with Gasteiger partial charge in [-0.25, -0.2) is 0 Å². The molecular formula is C15H26N2OS. The molecule has 3 unspecified atom stereocenters. The number of piperidine rings is 1. The van der Waals surface area contributed by atoms with Gasteiger partial charge in [0.05, 0.1) is 12.6 Å². The Kier molecular flexibility index (Phi) is 5.82. The van der Waals surface area contributed by atoms with Crippen molar-refractivity contribution in [3.8, 4) is 0 Å².